The van der Waals surface area contributed by atoms with Crippen molar-refractivity contribution in [3.05, 3.63) is 77.1 Å². The molecule has 0 spiro atoms. The van der Waals surface area contributed by atoms with Crippen molar-refractivity contribution in [2.24, 2.45) is 0 Å². The summed E-state index contributed by atoms with van der Waals surface area (Å²) < 4.78 is 7.05. The molecule has 0 bridgehead atoms. The SMILES string of the molecule is Cc1cc(C)n(-c2ccc(C(=O)OC(C)C(=O)Nc3ccccc3C#N)cc2)n1. The molecule has 146 valence electrons. The number of aryl methyl sites for hydroxylation is 2. The van der Waals surface area contributed by atoms with Gasteiger partial charge in [-0.3, -0.25) is 4.79 Å². The summed E-state index contributed by atoms with van der Waals surface area (Å²) in [5.41, 5.74) is 3.75. The number of rotatable bonds is 5. The van der Waals surface area contributed by atoms with Crippen LogP contribution in [0, 0.1) is 25.2 Å². The molecule has 0 fully saturated rings. The van der Waals surface area contributed by atoms with Crippen molar-refractivity contribution in [1.29, 1.82) is 5.26 Å². The fraction of sp³-hybridized carbons (Fsp3) is 0.182. The molecule has 7 heteroatoms. The van der Waals surface area contributed by atoms with Gasteiger partial charge in [-0.25, -0.2) is 9.48 Å². The molecule has 7 nitrogen and oxygen atoms in total. The predicted molar refractivity (Wildman–Crippen MR) is 108 cm³/mol. The number of para-hydroxylation sites is 1. The number of esters is 1. The number of nitrogens with one attached hydrogen (secondary N) is 1. The maximum absolute atomic E-state index is 12.4. The van der Waals surface area contributed by atoms with E-state index in [4.69, 9.17) is 10.00 Å². The number of hydrogen-bond acceptors (Lipinski definition) is 5. The lowest BCUT2D eigenvalue weighted by Gasteiger charge is -2.14. The average molecular weight is 388 g/mol. The van der Waals surface area contributed by atoms with Gasteiger partial charge in [0.2, 0.25) is 0 Å². The third-order valence-corrected chi connectivity index (χ3v) is 4.32. The maximum atomic E-state index is 12.4. The Morgan fingerprint density at radius 1 is 1.14 bits per heavy atom. The molecule has 2 aromatic carbocycles. The van der Waals surface area contributed by atoms with Crippen LogP contribution in [0.4, 0.5) is 5.69 Å². The van der Waals surface area contributed by atoms with Crippen LogP contribution >= 0.6 is 0 Å². The second kappa shape index (κ2) is 8.40. The van der Waals surface area contributed by atoms with Crippen molar-refractivity contribution in [2.45, 2.75) is 26.9 Å². The number of aromatic nitrogens is 2. The lowest BCUT2D eigenvalue weighted by atomic mass is 10.2. The second-order valence-electron chi connectivity index (χ2n) is 6.58. The van der Waals surface area contributed by atoms with Gasteiger partial charge in [0.25, 0.3) is 5.91 Å². The summed E-state index contributed by atoms with van der Waals surface area (Å²) in [4.78, 5) is 24.7. The summed E-state index contributed by atoms with van der Waals surface area (Å²) in [6.07, 6.45) is -1.02. The highest BCUT2D eigenvalue weighted by Crippen LogP contribution is 2.16. The van der Waals surface area contributed by atoms with E-state index in [-0.39, 0.29) is 0 Å². The molecule has 1 aromatic heterocycles. The van der Waals surface area contributed by atoms with E-state index in [0.717, 1.165) is 17.1 Å². The highest BCUT2D eigenvalue weighted by atomic mass is 16.5. The van der Waals surface area contributed by atoms with Crippen LogP contribution in [0.25, 0.3) is 5.69 Å². The molecule has 3 rings (SSSR count). The van der Waals surface area contributed by atoms with Crippen LogP contribution in [0.15, 0.2) is 54.6 Å². The zero-order valence-corrected chi connectivity index (χ0v) is 16.3. The Kier molecular flexibility index (Phi) is 5.74. The van der Waals surface area contributed by atoms with E-state index >= 15 is 0 Å². The summed E-state index contributed by atoms with van der Waals surface area (Å²) in [5.74, 6) is -1.12. The number of anilines is 1. The molecule has 0 saturated heterocycles. The number of carbonyl (C=O) groups is 2. The Morgan fingerprint density at radius 3 is 2.45 bits per heavy atom. The average Bonchev–Trinajstić information content (AvgIpc) is 3.06. The van der Waals surface area contributed by atoms with E-state index < -0.39 is 18.0 Å². The summed E-state index contributed by atoms with van der Waals surface area (Å²) >= 11 is 0. The van der Waals surface area contributed by atoms with E-state index in [1.54, 1.807) is 53.2 Å². The van der Waals surface area contributed by atoms with Gasteiger partial charge in [-0.15, -0.1) is 0 Å². The van der Waals surface area contributed by atoms with Crippen molar-refractivity contribution < 1.29 is 14.3 Å². The minimum absolute atomic E-state index is 0.326. The third-order valence-electron chi connectivity index (χ3n) is 4.32. The molecule has 0 aliphatic carbocycles. The Bertz CT molecular complexity index is 1090. The Balaban J connectivity index is 1.65. The third kappa shape index (κ3) is 4.50. The molecule has 0 saturated carbocycles. The van der Waals surface area contributed by atoms with E-state index in [1.165, 1.54) is 6.92 Å². The lowest BCUT2D eigenvalue weighted by Crippen LogP contribution is -2.30. The van der Waals surface area contributed by atoms with E-state index in [0.29, 0.717) is 16.8 Å². The molecule has 1 amide bonds. The standard InChI is InChI=1S/C22H20N4O3/c1-14-12-15(2)26(25-14)19-10-8-17(9-11-19)22(28)29-16(3)21(27)24-20-7-5-4-6-18(20)13-23/h4-12,16H,1-3H3,(H,24,27). The van der Waals surface area contributed by atoms with Crippen molar-refractivity contribution in [1.82, 2.24) is 9.78 Å². The van der Waals surface area contributed by atoms with Gasteiger partial charge < -0.3 is 10.1 Å². The quantitative estimate of drug-likeness (QED) is 0.674. The van der Waals surface area contributed by atoms with Crippen LogP contribution in [0.2, 0.25) is 0 Å². The Labute approximate surface area is 168 Å². The first-order valence-corrected chi connectivity index (χ1v) is 9.03. The van der Waals surface area contributed by atoms with Gasteiger partial charge in [0, 0.05) is 5.69 Å². The van der Waals surface area contributed by atoms with Gasteiger partial charge in [0.15, 0.2) is 6.10 Å². The summed E-state index contributed by atoms with van der Waals surface area (Å²) in [6, 6.07) is 17.4. The molecule has 1 unspecified atom stereocenters. The van der Waals surface area contributed by atoms with Gasteiger partial charge in [0.1, 0.15) is 6.07 Å². The Morgan fingerprint density at radius 2 is 1.83 bits per heavy atom. The zero-order valence-electron chi connectivity index (χ0n) is 16.3. The largest absolute Gasteiger partial charge is 0.449 e. The van der Waals surface area contributed by atoms with Crippen molar-refractivity contribution in [3.8, 4) is 11.8 Å². The number of nitrogens with zero attached hydrogens (tertiary/aromatic N) is 3. The van der Waals surface area contributed by atoms with Crippen LogP contribution in [-0.4, -0.2) is 27.8 Å². The molecule has 1 heterocycles. The first-order chi connectivity index (χ1) is 13.9. The van der Waals surface area contributed by atoms with Crippen LogP contribution in [0.5, 0.6) is 0 Å². The predicted octanol–water partition coefficient (Wildman–Crippen LogP) is 3.54. The van der Waals surface area contributed by atoms with Crippen LogP contribution in [-0.2, 0) is 9.53 Å². The number of benzene rings is 2. The maximum Gasteiger partial charge on any atom is 0.338 e. The molecular weight excluding hydrogens is 368 g/mol. The molecular formula is C22H20N4O3. The molecule has 0 radical (unpaired) electrons. The van der Waals surface area contributed by atoms with Crippen LogP contribution < -0.4 is 5.32 Å². The molecule has 1 atom stereocenters. The minimum Gasteiger partial charge on any atom is -0.449 e. The monoisotopic (exact) mass is 388 g/mol. The highest BCUT2D eigenvalue weighted by Gasteiger charge is 2.20. The van der Waals surface area contributed by atoms with Crippen LogP contribution in [0.1, 0.15) is 34.2 Å². The summed E-state index contributed by atoms with van der Waals surface area (Å²) in [5, 5.41) is 16.1. The number of nitriles is 1. The Hall–Kier alpha value is -3.92. The van der Waals surface area contributed by atoms with Gasteiger partial charge >= 0.3 is 5.97 Å². The summed E-state index contributed by atoms with van der Waals surface area (Å²) in [7, 11) is 0. The van der Waals surface area contributed by atoms with Crippen molar-refractivity contribution >= 4 is 17.6 Å². The van der Waals surface area contributed by atoms with E-state index in [1.807, 2.05) is 26.0 Å². The molecule has 3 aromatic rings. The van der Waals surface area contributed by atoms with Gasteiger partial charge in [-0.05, 0) is 63.2 Å². The first-order valence-electron chi connectivity index (χ1n) is 9.03. The van der Waals surface area contributed by atoms with Gasteiger partial charge in [0.05, 0.1) is 28.2 Å². The van der Waals surface area contributed by atoms with Crippen LogP contribution in [0.3, 0.4) is 0 Å². The molecule has 0 aliphatic heterocycles. The van der Waals surface area contributed by atoms with E-state index in [9.17, 15) is 9.59 Å². The van der Waals surface area contributed by atoms with Crippen molar-refractivity contribution in [2.75, 3.05) is 5.32 Å². The molecule has 1 N–H and O–H groups in total. The lowest BCUT2D eigenvalue weighted by molar-refractivity contribution is -0.123. The topological polar surface area (TPSA) is 97.0 Å². The smallest absolute Gasteiger partial charge is 0.338 e. The highest BCUT2D eigenvalue weighted by molar-refractivity contribution is 5.98. The van der Waals surface area contributed by atoms with Crippen molar-refractivity contribution in [3.63, 3.8) is 0 Å². The number of carbonyl (C=O) groups excluding carboxylic acids is 2. The molecule has 0 aliphatic rings. The normalized spacial score (nSPS) is 11.4. The van der Waals surface area contributed by atoms with Gasteiger partial charge in [-0.2, -0.15) is 10.4 Å². The van der Waals surface area contributed by atoms with E-state index in [2.05, 4.69) is 10.4 Å². The number of hydrogen-bond donors (Lipinski definition) is 1. The fourth-order valence-corrected chi connectivity index (χ4v) is 2.84. The summed E-state index contributed by atoms with van der Waals surface area (Å²) in [6.45, 7) is 5.34. The fourth-order valence-electron chi connectivity index (χ4n) is 2.84. The first kappa shape index (κ1) is 19.8. The zero-order chi connectivity index (χ0) is 21.0. The minimum atomic E-state index is -1.02. The number of amides is 1. The number of ether oxygens (including phenoxy) is 1. The van der Waals surface area contributed by atoms with Gasteiger partial charge in [-0.1, -0.05) is 12.1 Å². The second-order valence-corrected chi connectivity index (χ2v) is 6.58. The molecule has 29 heavy (non-hydrogen) atoms.